The average molecular weight is 333 g/mol. The number of carboxylic acids is 1. The van der Waals surface area contributed by atoms with Gasteiger partial charge in [0.15, 0.2) is 0 Å². The van der Waals surface area contributed by atoms with Gasteiger partial charge < -0.3 is 30.4 Å². The minimum absolute atomic E-state index is 0.0331. The monoisotopic (exact) mass is 333 g/mol. The average Bonchev–Trinajstić information content (AvgIpc) is 2.47. The third-order valence-electron chi connectivity index (χ3n) is 3.35. The normalized spacial score (nSPS) is 10.4. The second kappa shape index (κ2) is 6.37. The first-order chi connectivity index (χ1) is 11.2. The Morgan fingerprint density at radius 3 is 2.04 bits per heavy atom. The summed E-state index contributed by atoms with van der Waals surface area (Å²) in [5.41, 5.74) is -0.132. The molecule has 0 aliphatic heterocycles. The molecule has 0 aromatic heterocycles. The number of aromatic hydroxyl groups is 4. The molecule has 24 heavy (non-hydrogen) atoms. The third-order valence-corrected chi connectivity index (χ3v) is 3.35. The maximum atomic E-state index is 12.4. The molecule has 0 unspecified atom stereocenters. The third kappa shape index (κ3) is 3.49. The van der Waals surface area contributed by atoms with Crippen LogP contribution < -0.4 is 4.90 Å². The van der Waals surface area contributed by atoms with Crippen LogP contribution in [-0.2, 0) is 11.2 Å². The molecule has 5 N–H and O–H groups in total. The summed E-state index contributed by atoms with van der Waals surface area (Å²) < 4.78 is 0. The number of anilines is 1. The summed E-state index contributed by atoms with van der Waals surface area (Å²) in [7, 11) is 1.35. The van der Waals surface area contributed by atoms with E-state index in [1.165, 1.54) is 19.2 Å². The summed E-state index contributed by atoms with van der Waals surface area (Å²) in [6.45, 7) is 0. The minimum Gasteiger partial charge on any atom is -0.508 e. The highest BCUT2D eigenvalue weighted by Gasteiger charge is 2.21. The molecule has 8 nitrogen and oxygen atoms in total. The first-order valence-electron chi connectivity index (χ1n) is 6.76. The van der Waals surface area contributed by atoms with Crippen molar-refractivity contribution >= 4 is 17.6 Å². The van der Waals surface area contributed by atoms with Crippen LogP contribution in [-0.4, -0.2) is 44.5 Å². The van der Waals surface area contributed by atoms with Crippen molar-refractivity contribution in [1.82, 2.24) is 0 Å². The standard InChI is InChI=1S/C16H15NO7/c1-17(9-4-10(18)6-11(19)5-9)16(24)12-7-13(20)8(2-14(12)21)3-15(22)23/h2,4-7,18-21H,3H2,1H3,(H,22,23). The highest BCUT2D eigenvalue weighted by atomic mass is 16.4. The molecule has 0 atom stereocenters. The number of carboxylic acid groups (broad SMARTS) is 1. The quantitative estimate of drug-likeness (QED) is 0.533. The number of aliphatic carboxylic acids is 1. The van der Waals surface area contributed by atoms with Crippen LogP contribution in [0, 0.1) is 0 Å². The van der Waals surface area contributed by atoms with E-state index in [4.69, 9.17) is 5.11 Å². The molecule has 0 aliphatic carbocycles. The Kier molecular flexibility index (Phi) is 4.50. The van der Waals surface area contributed by atoms with E-state index >= 15 is 0 Å². The zero-order valence-electron chi connectivity index (χ0n) is 12.6. The minimum atomic E-state index is -1.20. The van der Waals surface area contributed by atoms with Crippen LogP contribution in [0.2, 0.25) is 0 Å². The van der Waals surface area contributed by atoms with Crippen LogP contribution in [0.4, 0.5) is 5.69 Å². The largest absolute Gasteiger partial charge is 0.508 e. The Morgan fingerprint density at radius 2 is 1.50 bits per heavy atom. The Labute approximate surface area is 136 Å². The number of amides is 1. The Morgan fingerprint density at radius 1 is 0.917 bits per heavy atom. The molecular weight excluding hydrogens is 318 g/mol. The number of carbonyl (C=O) groups excluding carboxylic acids is 1. The van der Waals surface area contributed by atoms with Crippen LogP contribution in [0.1, 0.15) is 15.9 Å². The molecule has 0 aliphatic rings. The second-order valence-corrected chi connectivity index (χ2v) is 5.14. The van der Waals surface area contributed by atoms with Gasteiger partial charge in [-0.05, 0) is 12.1 Å². The van der Waals surface area contributed by atoms with Crippen LogP contribution in [0.15, 0.2) is 30.3 Å². The second-order valence-electron chi connectivity index (χ2n) is 5.14. The van der Waals surface area contributed by atoms with Gasteiger partial charge in [-0.15, -0.1) is 0 Å². The molecule has 0 spiro atoms. The van der Waals surface area contributed by atoms with E-state index in [2.05, 4.69) is 0 Å². The van der Waals surface area contributed by atoms with Crippen molar-refractivity contribution in [1.29, 1.82) is 0 Å². The maximum absolute atomic E-state index is 12.4. The molecule has 0 fully saturated rings. The lowest BCUT2D eigenvalue weighted by atomic mass is 10.0. The van der Waals surface area contributed by atoms with Gasteiger partial charge in [0, 0.05) is 30.8 Å². The number of nitrogens with zero attached hydrogens (tertiary/aromatic N) is 1. The van der Waals surface area contributed by atoms with Crippen molar-refractivity contribution in [3.8, 4) is 23.0 Å². The van der Waals surface area contributed by atoms with E-state index in [-0.39, 0.29) is 28.3 Å². The summed E-state index contributed by atoms with van der Waals surface area (Å²) in [4.78, 5) is 24.2. The molecule has 8 heteroatoms. The molecule has 2 aromatic rings. The number of carbonyl (C=O) groups is 2. The van der Waals surface area contributed by atoms with E-state index in [1.54, 1.807) is 0 Å². The van der Waals surface area contributed by atoms with Crippen molar-refractivity contribution in [3.63, 3.8) is 0 Å². The number of phenols is 4. The van der Waals surface area contributed by atoms with Crippen molar-refractivity contribution in [2.75, 3.05) is 11.9 Å². The van der Waals surface area contributed by atoms with Crippen molar-refractivity contribution < 1.29 is 35.1 Å². The Bertz CT molecular complexity index is 796. The predicted octanol–water partition coefficient (Wildman–Crippen LogP) is 1.41. The molecule has 0 saturated heterocycles. The maximum Gasteiger partial charge on any atom is 0.307 e. The number of hydrogen-bond acceptors (Lipinski definition) is 6. The van der Waals surface area contributed by atoms with Crippen LogP contribution in [0.5, 0.6) is 23.0 Å². The summed E-state index contributed by atoms with van der Waals surface area (Å²) in [6.07, 6.45) is -0.510. The summed E-state index contributed by atoms with van der Waals surface area (Å²) in [6, 6.07) is 5.52. The lowest BCUT2D eigenvalue weighted by Gasteiger charge is -2.19. The van der Waals surface area contributed by atoms with Gasteiger partial charge in [0.1, 0.15) is 23.0 Å². The van der Waals surface area contributed by atoms with E-state index in [9.17, 15) is 30.0 Å². The van der Waals surface area contributed by atoms with Gasteiger partial charge >= 0.3 is 5.97 Å². The molecule has 1 amide bonds. The van der Waals surface area contributed by atoms with Crippen LogP contribution >= 0.6 is 0 Å². The molecule has 126 valence electrons. The van der Waals surface area contributed by atoms with Crippen LogP contribution in [0.25, 0.3) is 0 Å². The fourth-order valence-corrected chi connectivity index (χ4v) is 2.17. The molecule has 0 bridgehead atoms. The molecular formula is C16H15NO7. The van der Waals surface area contributed by atoms with E-state index in [0.29, 0.717) is 0 Å². The highest BCUT2D eigenvalue weighted by Crippen LogP contribution is 2.31. The number of hydrogen-bond donors (Lipinski definition) is 5. The highest BCUT2D eigenvalue weighted by molar-refractivity contribution is 6.08. The molecule has 0 heterocycles. The smallest absolute Gasteiger partial charge is 0.307 e. The molecule has 2 aromatic carbocycles. The molecule has 0 radical (unpaired) electrons. The molecule has 2 rings (SSSR count). The van der Waals surface area contributed by atoms with Gasteiger partial charge in [0.05, 0.1) is 17.7 Å². The number of rotatable bonds is 4. The van der Waals surface area contributed by atoms with Crippen molar-refractivity contribution in [2.24, 2.45) is 0 Å². The Hall–Kier alpha value is -3.42. The lowest BCUT2D eigenvalue weighted by Crippen LogP contribution is -2.26. The summed E-state index contributed by atoms with van der Waals surface area (Å²) in [5.74, 6) is -3.37. The van der Waals surface area contributed by atoms with Gasteiger partial charge in [-0.3, -0.25) is 9.59 Å². The molecule has 0 saturated carbocycles. The summed E-state index contributed by atoms with van der Waals surface area (Å²) >= 11 is 0. The Balaban J connectivity index is 2.38. The summed E-state index contributed by atoms with van der Waals surface area (Å²) in [5, 5.41) is 47.5. The van der Waals surface area contributed by atoms with E-state index in [0.717, 1.165) is 23.1 Å². The fraction of sp³-hybridized carbons (Fsp3) is 0.125. The SMILES string of the molecule is CN(C(=O)c1cc(O)c(CC(=O)O)cc1O)c1cc(O)cc(O)c1. The zero-order chi connectivity index (χ0) is 18.0. The number of benzene rings is 2. The fourth-order valence-electron chi connectivity index (χ4n) is 2.17. The number of phenolic OH excluding ortho intramolecular Hbond substituents is 4. The van der Waals surface area contributed by atoms with Gasteiger partial charge in [0.2, 0.25) is 0 Å². The van der Waals surface area contributed by atoms with Gasteiger partial charge in [0.25, 0.3) is 5.91 Å². The van der Waals surface area contributed by atoms with Crippen LogP contribution in [0.3, 0.4) is 0 Å². The first-order valence-corrected chi connectivity index (χ1v) is 6.76. The van der Waals surface area contributed by atoms with Gasteiger partial charge in [-0.25, -0.2) is 0 Å². The van der Waals surface area contributed by atoms with Crippen molar-refractivity contribution in [3.05, 3.63) is 41.5 Å². The first kappa shape index (κ1) is 16.9. The van der Waals surface area contributed by atoms with E-state index < -0.39 is 29.8 Å². The topological polar surface area (TPSA) is 139 Å². The lowest BCUT2D eigenvalue weighted by molar-refractivity contribution is -0.136. The van der Waals surface area contributed by atoms with E-state index in [1.807, 2.05) is 0 Å². The van der Waals surface area contributed by atoms with Gasteiger partial charge in [-0.1, -0.05) is 0 Å². The predicted molar refractivity (Wildman–Crippen MR) is 83.6 cm³/mol. The zero-order valence-corrected chi connectivity index (χ0v) is 12.6. The van der Waals surface area contributed by atoms with Crippen molar-refractivity contribution in [2.45, 2.75) is 6.42 Å². The van der Waals surface area contributed by atoms with Gasteiger partial charge in [-0.2, -0.15) is 0 Å².